The zero-order valence-corrected chi connectivity index (χ0v) is 23.6. The lowest BCUT2D eigenvalue weighted by Gasteiger charge is -2.23. The van der Waals surface area contributed by atoms with Crippen LogP contribution in [0.1, 0.15) is 36.6 Å². The Kier molecular flexibility index (Phi) is 7.69. The Morgan fingerprint density at radius 2 is 1.82 bits per heavy atom. The zero-order chi connectivity index (χ0) is 27.7. The van der Waals surface area contributed by atoms with Gasteiger partial charge in [-0.2, -0.15) is 5.26 Å². The van der Waals surface area contributed by atoms with Crippen molar-refractivity contribution >= 4 is 62.8 Å². The SMILES string of the molecule is Cc1ccc(Nc2c(C#N)cnc3c(Cl)cc(N[C@H](C4=CN(C(C)C)NN4)c4cccnc4Cl)cc23)cc1Cl. The van der Waals surface area contributed by atoms with Crippen LogP contribution in [0.15, 0.2) is 66.8 Å². The molecule has 0 saturated carbocycles. The highest BCUT2D eigenvalue weighted by atomic mass is 35.5. The van der Waals surface area contributed by atoms with Crippen molar-refractivity contribution in [3.05, 3.63) is 98.6 Å². The number of halogens is 3. The second-order valence-corrected chi connectivity index (χ2v) is 10.6. The highest BCUT2D eigenvalue weighted by molar-refractivity contribution is 6.36. The second-order valence-electron chi connectivity index (χ2n) is 9.38. The van der Waals surface area contributed by atoms with Gasteiger partial charge in [0.05, 0.1) is 33.5 Å². The molecular weight excluding hydrogens is 555 g/mol. The minimum atomic E-state index is -0.393. The van der Waals surface area contributed by atoms with Crippen LogP contribution in [0, 0.1) is 18.3 Å². The van der Waals surface area contributed by atoms with Gasteiger partial charge >= 0.3 is 0 Å². The fourth-order valence-corrected chi connectivity index (χ4v) is 4.93. The van der Waals surface area contributed by atoms with Crippen LogP contribution in [0.4, 0.5) is 17.1 Å². The molecule has 0 spiro atoms. The summed E-state index contributed by atoms with van der Waals surface area (Å²) in [6.45, 7) is 6.08. The molecule has 1 aliphatic heterocycles. The molecule has 0 aliphatic carbocycles. The standard InChI is InChI=1S/C28H25Cl3N8/c1-15(2)39-14-24(37-38-39)27(20-5-4-8-33-28(20)31)36-19-9-21-25(35-18-7-6-16(3)22(29)10-18)17(12-32)13-34-26(21)23(30)11-19/h4-11,13-15,27,36-38H,1-3H3,(H,34,35)/t27-/m0/s1. The molecule has 11 heteroatoms. The quantitative estimate of drug-likeness (QED) is 0.170. The Hall–Kier alpha value is -3.74. The number of rotatable bonds is 7. The molecule has 4 N–H and O–H groups in total. The molecule has 0 bridgehead atoms. The largest absolute Gasteiger partial charge is 0.373 e. The van der Waals surface area contributed by atoms with Crippen molar-refractivity contribution in [2.75, 3.05) is 10.6 Å². The molecule has 1 aliphatic rings. The molecule has 2 aromatic carbocycles. The van der Waals surface area contributed by atoms with Crippen LogP contribution >= 0.6 is 34.8 Å². The number of aromatic nitrogens is 2. The van der Waals surface area contributed by atoms with Crippen molar-refractivity contribution in [3.63, 3.8) is 0 Å². The van der Waals surface area contributed by atoms with E-state index in [2.05, 4.69) is 51.5 Å². The molecule has 4 aromatic rings. The number of hydrazine groups is 2. The normalized spacial score (nSPS) is 13.7. The number of hydrogen-bond donors (Lipinski definition) is 4. The van der Waals surface area contributed by atoms with Gasteiger partial charge in [0, 0.05) is 52.0 Å². The number of benzene rings is 2. The summed E-state index contributed by atoms with van der Waals surface area (Å²) in [6.07, 6.45) is 5.14. The van der Waals surface area contributed by atoms with Crippen LogP contribution < -0.4 is 21.6 Å². The molecule has 0 fully saturated rings. The van der Waals surface area contributed by atoms with Gasteiger partial charge in [0.2, 0.25) is 0 Å². The van der Waals surface area contributed by atoms with E-state index in [1.165, 1.54) is 6.20 Å². The number of hydrogen-bond acceptors (Lipinski definition) is 8. The highest BCUT2D eigenvalue weighted by Gasteiger charge is 2.26. The maximum Gasteiger partial charge on any atom is 0.134 e. The number of fused-ring (bicyclic) bond motifs is 1. The molecular formula is C28H25Cl3N8. The molecule has 8 nitrogen and oxygen atoms in total. The molecule has 198 valence electrons. The van der Waals surface area contributed by atoms with Crippen LogP contribution in [-0.4, -0.2) is 21.0 Å². The van der Waals surface area contributed by atoms with Gasteiger partial charge in [-0.3, -0.25) is 9.99 Å². The van der Waals surface area contributed by atoms with Crippen molar-refractivity contribution in [1.29, 1.82) is 5.26 Å². The van der Waals surface area contributed by atoms with Crippen LogP contribution in [0.5, 0.6) is 0 Å². The fourth-order valence-electron chi connectivity index (χ4n) is 4.25. The summed E-state index contributed by atoms with van der Waals surface area (Å²) in [6, 6.07) is 15.2. The smallest absolute Gasteiger partial charge is 0.134 e. The lowest BCUT2D eigenvalue weighted by molar-refractivity contribution is 0.221. The number of pyridine rings is 2. The second kappa shape index (κ2) is 11.2. The zero-order valence-electron chi connectivity index (χ0n) is 21.4. The number of aryl methyl sites for hydroxylation is 1. The van der Waals surface area contributed by atoms with Gasteiger partial charge in [0.25, 0.3) is 0 Å². The van der Waals surface area contributed by atoms with E-state index < -0.39 is 6.04 Å². The molecule has 2 aromatic heterocycles. The topological polar surface area (TPSA) is 101 Å². The number of anilines is 3. The van der Waals surface area contributed by atoms with E-state index in [4.69, 9.17) is 34.8 Å². The van der Waals surface area contributed by atoms with Gasteiger partial charge in [0.15, 0.2) is 0 Å². The van der Waals surface area contributed by atoms with E-state index in [-0.39, 0.29) is 6.04 Å². The van der Waals surface area contributed by atoms with Gasteiger partial charge in [-0.05, 0) is 56.7 Å². The Morgan fingerprint density at radius 3 is 2.51 bits per heavy atom. The van der Waals surface area contributed by atoms with E-state index >= 15 is 0 Å². The molecule has 39 heavy (non-hydrogen) atoms. The first-order chi connectivity index (χ1) is 18.7. The third-order valence-electron chi connectivity index (χ3n) is 6.37. The predicted octanol–water partition coefficient (Wildman–Crippen LogP) is 7.24. The van der Waals surface area contributed by atoms with E-state index in [9.17, 15) is 5.26 Å². The minimum Gasteiger partial charge on any atom is -0.373 e. The molecule has 0 amide bonds. The lowest BCUT2D eigenvalue weighted by atomic mass is 10.0. The molecule has 0 unspecified atom stereocenters. The number of nitrogens with zero attached hydrogens (tertiary/aromatic N) is 4. The minimum absolute atomic E-state index is 0.217. The predicted molar refractivity (Wildman–Crippen MR) is 158 cm³/mol. The van der Waals surface area contributed by atoms with E-state index in [1.807, 2.05) is 54.5 Å². The van der Waals surface area contributed by atoms with Crippen LogP contribution in [-0.2, 0) is 0 Å². The summed E-state index contributed by atoms with van der Waals surface area (Å²) in [5.74, 6) is 0. The first-order valence-corrected chi connectivity index (χ1v) is 13.3. The maximum absolute atomic E-state index is 9.88. The number of nitriles is 1. The molecule has 0 radical (unpaired) electrons. The van der Waals surface area contributed by atoms with Crippen molar-refractivity contribution in [1.82, 2.24) is 25.9 Å². The summed E-state index contributed by atoms with van der Waals surface area (Å²) in [4.78, 5) is 8.74. The Bertz CT molecular complexity index is 1630. The summed E-state index contributed by atoms with van der Waals surface area (Å²) >= 11 is 19.6. The number of nitrogens with one attached hydrogen (secondary N) is 4. The molecule has 3 heterocycles. The van der Waals surface area contributed by atoms with Gasteiger partial charge < -0.3 is 16.1 Å². The van der Waals surface area contributed by atoms with Crippen LogP contribution in [0.3, 0.4) is 0 Å². The van der Waals surface area contributed by atoms with Crippen LogP contribution in [0.25, 0.3) is 10.9 Å². The van der Waals surface area contributed by atoms with Crippen molar-refractivity contribution in [3.8, 4) is 6.07 Å². The Labute approximate surface area is 241 Å². The third-order valence-corrected chi connectivity index (χ3v) is 7.38. The van der Waals surface area contributed by atoms with E-state index in [0.717, 1.165) is 22.5 Å². The van der Waals surface area contributed by atoms with E-state index in [0.29, 0.717) is 43.0 Å². The Morgan fingerprint density at radius 1 is 1.03 bits per heavy atom. The third kappa shape index (κ3) is 5.54. The highest BCUT2D eigenvalue weighted by Crippen LogP contribution is 2.38. The summed E-state index contributed by atoms with van der Waals surface area (Å²) in [7, 11) is 0. The van der Waals surface area contributed by atoms with Crippen molar-refractivity contribution < 1.29 is 0 Å². The van der Waals surface area contributed by atoms with Gasteiger partial charge in [0.1, 0.15) is 11.2 Å². The monoisotopic (exact) mass is 578 g/mol. The van der Waals surface area contributed by atoms with Crippen molar-refractivity contribution in [2.45, 2.75) is 32.9 Å². The Balaban J connectivity index is 1.61. The van der Waals surface area contributed by atoms with Crippen LogP contribution in [0.2, 0.25) is 15.2 Å². The summed E-state index contributed by atoms with van der Waals surface area (Å²) in [5.41, 5.74) is 11.9. The van der Waals surface area contributed by atoms with Gasteiger partial charge in [-0.1, -0.05) is 46.9 Å². The summed E-state index contributed by atoms with van der Waals surface area (Å²) < 4.78 is 0. The average Bonchev–Trinajstić information content (AvgIpc) is 3.41. The van der Waals surface area contributed by atoms with Gasteiger partial charge in [-0.15, -0.1) is 5.53 Å². The summed E-state index contributed by atoms with van der Waals surface area (Å²) in [5, 5.41) is 20.8. The lowest BCUT2D eigenvalue weighted by Crippen LogP contribution is -2.41. The average molecular weight is 580 g/mol. The van der Waals surface area contributed by atoms with Gasteiger partial charge in [-0.25, -0.2) is 4.98 Å². The fraction of sp³-hybridized carbons (Fsp3) is 0.179. The molecule has 5 rings (SSSR count). The first-order valence-electron chi connectivity index (χ1n) is 12.2. The molecule has 0 saturated heterocycles. The first kappa shape index (κ1) is 26.9. The van der Waals surface area contributed by atoms with E-state index in [1.54, 1.807) is 12.3 Å². The molecule has 1 atom stereocenters. The maximum atomic E-state index is 9.88. The van der Waals surface area contributed by atoms with Crippen molar-refractivity contribution in [2.24, 2.45) is 0 Å².